The summed E-state index contributed by atoms with van der Waals surface area (Å²) in [4.78, 5) is 5.82. The number of nitrogens with one attached hydrogen (secondary N) is 1. The van der Waals surface area contributed by atoms with Crippen molar-refractivity contribution in [3.63, 3.8) is 0 Å². The SMILES string of the molecule is CC(C)Cc1ncc(CNCCCC2CCCCC2O)s1. The molecule has 2 unspecified atom stereocenters. The van der Waals surface area contributed by atoms with Gasteiger partial charge in [0, 0.05) is 24.0 Å². The minimum atomic E-state index is -0.0427. The maximum absolute atomic E-state index is 9.95. The minimum absolute atomic E-state index is 0.0427. The third-order valence-electron chi connectivity index (χ3n) is 4.28. The maximum Gasteiger partial charge on any atom is 0.0930 e. The van der Waals surface area contributed by atoms with Gasteiger partial charge in [-0.15, -0.1) is 11.3 Å². The van der Waals surface area contributed by atoms with Crippen molar-refractivity contribution < 1.29 is 5.11 Å². The highest BCUT2D eigenvalue weighted by Crippen LogP contribution is 2.27. The number of rotatable bonds is 8. The molecule has 2 rings (SSSR count). The summed E-state index contributed by atoms with van der Waals surface area (Å²) in [7, 11) is 0. The molecule has 120 valence electrons. The zero-order valence-electron chi connectivity index (χ0n) is 13.5. The molecule has 21 heavy (non-hydrogen) atoms. The lowest BCUT2D eigenvalue weighted by Gasteiger charge is -2.27. The van der Waals surface area contributed by atoms with E-state index >= 15 is 0 Å². The monoisotopic (exact) mass is 310 g/mol. The van der Waals surface area contributed by atoms with E-state index < -0.39 is 0 Å². The molecule has 0 amide bonds. The normalized spacial score (nSPS) is 22.9. The number of aliphatic hydroxyl groups excluding tert-OH is 1. The van der Waals surface area contributed by atoms with Gasteiger partial charge in [-0.05, 0) is 44.1 Å². The van der Waals surface area contributed by atoms with Crippen LogP contribution in [0.3, 0.4) is 0 Å². The van der Waals surface area contributed by atoms with Crippen LogP contribution in [-0.2, 0) is 13.0 Å². The van der Waals surface area contributed by atoms with Gasteiger partial charge in [0.15, 0.2) is 0 Å². The quantitative estimate of drug-likeness (QED) is 0.719. The molecule has 0 aliphatic heterocycles. The number of aromatic nitrogens is 1. The summed E-state index contributed by atoms with van der Waals surface area (Å²) in [6.07, 6.45) is 10.1. The van der Waals surface area contributed by atoms with Gasteiger partial charge in [0.2, 0.25) is 0 Å². The fraction of sp³-hybridized carbons (Fsp3) is 0.824. The highest BCUT2D eigenvalue weighted by molar-refractivity contribution is 7.11. The Morgan fingerprint density at radius 2 is 2.19 bits per heavy atom. The van der Waals surface area contributed by atoms with Crippen LogP contribution in [0.25, 0.3) is 0 Å². The second-order valence-corrected chi connectivity index (χ2v) is 7.95. The molecule has 1 saturated carbocycles. The summed E-state index contributed by atoms with van der Waals surface area (Å²) in [6, 6.07) is 0. The highest BCUT2D eigenvalue weighted by atomic mass is 32.1. The van der Waals surface area contributed by atoms with Crippen LogP contribution in [0.1, 0.15) is 62.3 Å². The van der Waals surface area contributed by atoms with Gasteiger partial charge in [-0.3, -0.25) is 0 Å². The number of hydrogen-bond donors (Lipinski definition) is 2. The number of nitrogens with zero attached hydrogens (tertiary/aromatic N) is 1. The van der Waals surface area contributed by atoms with Gasteiger partial charge < -0.3 is 10.4 Å². The van der Waals surface area contributed by atoms with Gasteiger partial charge >= 0.3 is 0 Å². The van der Waals surface area contributed by atoms with E-state index in [0.717, 1.165) is 32.4 Å². The molecule has 0 aromatic carbocycles. The smallest absolute Gasteiger partial charge is 0.0930 e. The molecule has 0 bridgehead atoms. The van der Waals surface area contributed by atoms with Crippen molar-refractivity contribution in [2.45, 2.75) is 71.4 Å². The Kier molecular flexibility index (Phi) is 7.14. The molecule has 1 heterocycles. The van der Waals surface area contributed by atoms with Crippen LogP contribution in [0.4, 0.5) is 0 Å². The lowest BCUT2D eigenvalue weighted by Crippen LogP contribution is -2.25. The van der Waals surface area contributed by atoms with E-state index in [2.05, 4.69) is 24.1 Å². The maximum atomic E-state index is 9.95. The van der Waals surface area contributed by atoms with Crippen molar-refractivity contribution in [1.29, 1.82) is 0 Å². The van der Waals surface area contributed by atoms with Gasteiger partial charge in [0.05, 0.1) is 11.1 Å². The zero-order valence-corrected chi connectivity index (χ0v) is 14.3. The molecule has 1 aromatic heterocycles. The topological polar surface area (TPSA) is 45.2 Å². The third kappa shape index (κ3) is 6.05. The largest absolute Gasteiger partial charge is 0.393 e. The van der Waals surface area contributed by atoms with E-state index in [-0.39, 0.29) is 6.10 Å². The van der Waals surface area contributed by atoms with Gasteiger partial charge in [0.1, 0.15) is 0 Å². The first-order valence-electron chi connectivity index (χ1n) is 8.47. The summed E-state index contributed by atoms with van der Waals surface area (Å²) in [5, 5.41) is 14.7. The Labute approximate surface area is 133 Å². The Hall–Kier alpha value is -0.450. The fourth-order valence-electron chi connectivity index (χ4n) is 3.10. The van der Waals surface area contributed by atoms with Crippen LogP contribution < -0.4 is 5.32 Å². The predicted octanol–water partition coefficient (Wildman–Crippen LogP) is 3.76. The van der Waals surface area contributed by atoms with Crippen molar-refractivity contribution in [2.75, 3.05) is 6.54 Å². The van der Waals surface area contributed by atoms with Crippen LogP contribution in [0.5, 0.6) is 0 Å². The Bertz CT molecular complexity index is 405. The summed E-state index contributed by atoms with van der Waals surface area (Å²) in [5.74, 6) is 1.22. The average Bonchev–Trinajstić information content (AvgIpc) is 2.87. The summed E-state index contributed by atoms with van der Waals surface area (Å²) < 4.78 is 0. The zero-order chi connectivity index (χ0) is 15.1. The Balaban J connectivity index is 1.58. The molecule has 1 aromatic rings. The summed E-state index contributed by atoms with van der Waals surface area (Å²) in [5.41, 5.74) is 0. The van der Waals surface area contributed by atoms with Crippen molar-refractivity contribution in [1.82, 2.24) is 10.3 Å². The molecule has 0 radical (unpaired) electrons. The second kappa shape index (κ2) is 8.86. The van der Waals surface area contributed by atoms with Crippen molar-refractivity contribution in [3.05, 3.63) is 16.1 Å². The first-order chi connectivity index (χ1) is 10.1. The van der Waals surface area contributed by atoms with Crippen LogP contribution in [-0.4, -0.2) is 22.7 Å². The molecule has 3 nitrogen and oxygen atoms in total. The van der Waals surface area contributed by atoms with Crippen LogP contribution in [0.15, 0.2) is 6.20 Å². The molecule has 1 fully saturated rings. The molecule has 0 spiro atoms. The highest BCUT2D eigenvalue weighted by Gasteiger charge is 2.22. The van der Waals surface area contributed by atoms with Gasteiger partial charge in [0.25, 0.3) is 0 Å². The molecule has 2 atom stereocenters. The molecule has 1 aliphatic carbocycles. The number of hydrogen-bond acceptors (Lipinski definition) is 4. The van der Waals surface area contributed by atoms with E-state index in [1.165, 1.54) is 35.6 Å². The molecule has 2 N–H and O–H groups in total. The lowest BCUT2D eigenvalue weighted by molar-refractivity contribution is 0.0643. The van der Waals surface area contributed by atoms with E-state index in [1.807, 2.05) is 17.5 Å². The van der Waals surface area contributed by atoms with Crippen molar-refractivity contribution in [2.24, 2.45) is 11.8 Å². The number of thiazole rings is 1. The fourth-order valence-corrected chi connectivity index (χ4v) is 4.20. The molecular weight excluding hydrogens is 280 g/mol. The first-order valence-corrected chi connectivity index (χ1v) is 9.29. The Morgan fingerprint density at radius 1 is 1.38 bits per heavy atom. The van der Waals surface area contributed by atoms with E-state index in [4.69, 9.17) is 0 Å². The summed E-state index contributed by atoms with van der Waals surface area (Å²) >= 11 is 1.83. The third-order valence-corrected chi connectivity index (χ3v) is 5.30. The average molecular weight is 311 g/mol. The van der Waals surface area contributed by atoms with Gasteiger partial charge in [-0.1, -0.05) is 26.7 Å². The molecule has 4 heteroatoms. The van der Waals surface area contributed by atoms with E-state index in [1.54, 1.807) is 0 Å². The van der Waals surface area contributed by atoms with Crippen LogP contribution in [0.2, 0.25) is 0 Å². The lowest BCUT2D eigenvalue weighted by atomic mass is 9.83. The van der Waals surface area contributed by atoms with Crippen LogP contribution >= 0.6 is 11.3 Å². The van der Waals surface area contributed by atoms with Crippen molar-refractivity contribution in [3.8, 4) is 0 Å². The predicted molar refractivity (Wildman–Crippen MR) is 89.6 cm³/mol. The van der Waals surface area contributed by atoms with E-state index in [0.29, 0.717) is 11.8 Å². The Morgan fingerprint density at radius 3 is 2.95 bits per heavy atom. The summed E-state index contributed by atoms with van der Waals surface area (Å²) in [6.45, 7) is 6.45. The minimum Gasteiger partial charge on any atom is -0.393 e. The van der Waals surface area contributed by atoms with Gasteiger partial charge in [-0.2, -0.15) is 0 Å². The van der Waals surface area contributed by atoms with E-state index in [9.17, 15) is 5.11 Å². The standard InChI is InChI=1S/C17H30N2OS/c1-13(2)10-17-19-12-15(21-17)11-18-9-5-7-14-6-3-4-8-16(14)20/h12-14,16,18,20H,3-11H2,1-2H3. The first kappa shape index (κ1) is 16.9. The number of aliphatic hydroxyl groups is 1. The van der Waals surface area contributed by atoms with Crippen molar-refractivity contribution >= 4 is 11.3 Å². The molecular formula is C17H30N2OS. The van der Waals surface area contributed by atoms with Crippen LogP contribution in [0, 0.1) is 11.8 Å². The second-order valence-electron chi connectivity index (χ2n) is 6.75. The van der Waals surface area contributed by atoms with Gasteiger partial charge in [-0.25, -0.2) is 4.98 Å². The molecule has 0 saturated heterocycles. The molecule has 1 aliphatic rings.